The van der Waals surface area contributed by atoms with Gasteiger partial charge in [-0.2, -0.15) is 0 Å². The molecule has 0 radical (unpaired) electrons. The van der Waals surface area contributed by atoms with Gasteiger partial charge < -0.3 is 4.74 Å². The van der Waals surface area contributed by atoms with Crippen LogP contribution >= 0.6 is 0 Å². The minimum absolute atomic E-state index is 0.0406. The number of nitrogens with one attached hydrogen (secondary N) is 1. The van der Waals surface area contributed by atoms with Gasteiger partial charge in [-0.25, -0.2) is 13.1 Å². The third-order valence-corrected chi connectivity index (χ3v) is 7.12. The number of benzene rings is 3. The number of hydrogen-bond acceptors (Lipinski definition) is 4. The number of para-hydroxylation sites is 1. The lowest BCUT2D eigenvalue weighted by Gasteiger charge is -2.22. The van der Waals surface area contributed by atoms with Gasteiger partial charge in [-0.05, 0) is 54.8 Å². The molecule has 1 saturated carbocycles. The van der Waals surface area contributed by atoms with Crippen molar-refractivity contribution in [3.63, 3.8) is 0 Å². The van der Waals surface area contributed by atoms with E-state index in [2.05, 4.69) is 9.71 Å². The summed E-state index contributed by atoms with van der Waals surface area (Å²) < 4.78 is 34.1. The molecule has 1 N–H and O–H groups in total. The highest BCUT2D eigenvalue weighted by Crippen LogP contribution is 2.23. The van der Waals surface area contributed by atoms with Gasteiger partial charge in [-0.3, -0.25) is 4.99 Å². The lowest BCUT2D eigenvalue weighted by atomic mass is 9.96. The Hall–Kier alpha value is -2.96. The Morgan fingerprint density at radius 2 is 1.56 bits per heavy atom. The van der Waals surface area contributed by atoms with E-state index < -0.39 is 10.0 Å². The molecule has 0 saturated heterocycles. The van der Waals surface area contributed by atoms with Crippen molar-refractivity contribution in [3.05, 3.63) is 90.0 Å². The summed E-state index contributed by atoms with van der Waals surface area (Å²) in [7, 11) is -3.51. The maximum atomic E-state index is 12.7. The summed E-state index contributed by atoms with van der Waals surface area (Å²) in [6.45, 7) is 0.478. The molecule has 0 amide bonds. The van der Waals surface area contributed by atoms with Crippen LogP contribution in [0.25, 0.3) is 0 Å². The number of nitrogens with zero attached hydrogens (tertiary/aromatic N) is 1. The van der Waals surface area contributed by atoms with E-state index in [0.717, 1.165) is 42.6 Å². The molecule has 3 aromatic rings. The molecule has 1 aliphatic rings. The minimum Gasteiger partial charge on any atom is -0.488 e. The quantitative estimate of drug-likeness (QED) is 0.454. The summed E-state index contributed by atoms with van der Waals surface area (Å²) in [6.07, 6.45) is 6.91. The molecule has 0 bridgehead atoms. The Kier molecular flexibility index (Phi) is 7.35. The van der Waals surface area contributed by atoms with Crippen molar-refractivity contribution in [1.82, 2.24) is 4.72 Å². The summed E-state index contributed by atoms with van der Waals surface area (Å²) in [6, 6.07) is 24.4. The summed E-state index contributed by atoms with van der Waals surface area (Å²) in [5, 5.41) is 0. The van der Waals surface area contributed by atoms with Crippen LogP contribution in [0.5, 0.6) is 5.75 Å². The van der Waals surface area contributed by atoms with Crippen molar-refractivity contribution >= 4 is 21.9 Å². The lowest BCUT2D eigenvalue weighted by molar-refractivity contribution is 0.306. The fourth-order valence-electron chi connectivity index (χ4n) is 3.82. The first kappa shape index (κ1) is 22.2. The van der Waals surface area contributed by atoms with E-state index in [4.69, 9.17) is 4.74 Å². The van der Waals surface area contributed by atoms with Crippen molar-refractivity contribution < 1.29 is 13.2 Å². The van der Waals surface area contributed by atoms with Crippen molar-refractivity contribution in [1.29, 1.82) is 0 Å². The second-order valence-electron chi connectivity index (χ2n) is 8.02. The number of rotatable bonds is 8. The molecular formula is C26H28N2O3S. The number of sulfonamides is 1. The SMILES string of the molecule is O=S(=O)(NC1CCCCC1)c1ccc(N=Cc2ccccc2OCc2ccccc2)cc1. The van der Waals surface area contributed by atoms with Gasteiger partial charge in [0.25, 0.3) is 0 Å². The molecule has 6 heteroatoms. The van der Waals surface area contributed by atoms with Gasteiger partial charge in [-0.1, -0.05) is 61.7 Å². The van der Waals surface area contributed by atoms with Crippen LogP contribution in [-0.4, -0.2) is 20.7 Å². The van der Waals surface area contributed by atoms with E-state index in [0.29, 0.717) is 12.3 Å². The van der Waals surface area contributed by atoms with Gasteiger partial charge in [0, 0.05) is 17.8 Å². The number of hydrogen-bond donors (Lipinski definition) is 1. The maximum absolute atomic E-state index is 12.7. The molecule has 3 aromatic carbocycles. The zero-order valence-electron chi connectivity index (χ0n) is 18.0. The predicted octanol–water partition coefficient (Wildman–Crippen LogP) is 5.63. The Bertz CT molecular complexity index is 1140. The first-order valence-electron chi connectivity index (χ1n) is 11.0. The van der Waals surface area contributed by atoms with Gasteiger partial charge in [0.15, 0.2) is 0 Å². The first-order valence-corrected chi connectivity index (χ1v) is 12.5. The van der Waals surface area contributed by atoms with Gasteiger partial charge >= 0.3 is 0 Å². The van der Waals surface area contributed by atoms with Crippen LogP contribution in [0.2, 0.25) is 0 Å². The minimum atomic E-state index is -3.51. The highest BCUT2D eigenvalue weighted by molar-refractivity contribution is 7.89. The van der Waals surface area contributed by atoms with Gasteiger partial charge in [0.2, 0.25) is 10.0 Å². The Labute approximate surface area is 190 Å². The summed E-state index contributed by atoms with van der Waals surface area (Å²) in [4.78, 5) is 4.78. The van der Waals surface area contributed by atoms with Crippen LogP contribution in [0, 0.1) is 0 Å². The molecule has 32 heavy (non-hydrogen) atoms. The normalized spacial score (nSPS) is 15.1. The summed E-state index contributed by atoms with van der Waals surface area (Å²) >= 11 is 0. The van der Waals surface area contributed by atoms with E-state index in [1.807, 2.05) is 54.6 Å². The van der Waals surface area contributed by atoms with Gasteiger partial charge in [0.05, 0.1) is 10.6 Å². The van der Waals surface area contributed by atoms with Crippen molar-refractivity contribution in [3.8, 4) is 5.75 Å². The second-order valence-corrected chi connectivity index (χ2v) is 9.73. The van der Waals surface area contributed by atoms with Crippen molar-refractivity contribution in [2.45, 2.75) is 49.6 Å². The molecule has 0 aromatic heterocycles. The Morgan fingerprint density at radius 1 is 0.875 bits per heavy atom. The molecule has 5 nitrogen and oxygen atoms in total. The fraction of sp³-hybridized carbons (Fsp3) is 0.269. The van der Waals surface area contributed by atoms with Crippen molar-refractivity contribution in [2.75, 3.05) is 0 Å². The lowest BCUT2D eigenvalue weighted by Crippen LogP contribution is -2.36. The standard InChI is InChI=1S/C26H28N2O3S/c29-32(30,28-24-12-5-2-6-13-24)25-17-15-23(16-18-25)27-19-22-11-7-8-14-26(22)31-20-21-9-3-1-4-10-21/h1,3-4,7-11,14-19,24,28H,2,5-6,12-13,20H2. The molecule has 1 aliphatic carbocycles. The molecule has 4 rings (SSSR count). The highest BCUT2D eigenvalue weighted by Gasteiger charge is 2.21. The molecule has 0 aliphatic heterocycles. The van der Waals surface area contributed by atoms with E-state index in [1.54, 1.807) is 30.5 Å². The second kappa shape index (κ2) is 10.6. The molecule has 0 heterocycles. The van der Waals surface area contributed by atoms with Crippen LogP contribution in [-0.2, 0) is 16.6 Å². The van der Waals surface area contributed by atoms with E-state index in [-0.39, 0.29) is 10.9 Å². The predicted molar refractivity (Wildman–Crippen MR) is 128 cm³/mol. The van der Waals surface area contributed by atoms with Gasteiger partial charge in [0.1, 0.15) is 12.4 Å². The smallest absolute Gasteiger partial charge is 0.240 e. The van der Waals surface area contributed by atoms with Crippen LogP contribution in [0.1, 0.15) is 43.2 Å². The molecular weight excluding hydrogens is 420 g/mol. The maximum Gasteiger partial charge on any atom is 0.240 e. The van der Waals surface area contributed by atoms with E-state index >= 15 is 0 Å². The van der Waals surface area contributed by atoms with E-state index in [9.17, 15) is 8.42 Å². The molecule has 0 spiro atoms. The Balaban J connectivity index is 1.41. The molecule has 166 valence electrons. The van der Waals surface area contributed by atoms with Gasteiger partial charge in [-0.15, -0.1) is 0 Å². The van der Waals surface area contributed by atoms with Crippen LogP contribution < -0.4 is 9.46 Å². The first-order chi connectivity index (χ1) is 15.6. The number of aliphatic imine (C=N–C) groups is 1. The van der Waals surface area contributed by atoms with Crippen LogP contribution in [0.15, 0.2) is 88.8 Å². The highest BCUT2D eigenvalue weighted by atomic mass is 32.2. The molecule has 1 fully saturated rings. The van der Waals surface area contributed by atoms with Crippen molar-refractivity contribution in [2.24, 2.45) is 4.99 Å². The number of ether oxygens (including phenoxy) is 1. The third-order valence-electron chi connectivity index (χ3n) is 5.58. The third kappa shape index (κ3) is 6.05. The summed E-state index contributed by atoms with van der Waals surface area (Å²) in [5.41, 5.74) is 2.64. The zero-order valence-corrected chi connectivity index (χ0v) is 18.8. The zero-order chi connectivity index (χ0) is 22.2. The fourth-order valence-corrected chi connectivity index (χ4v) is 5.12. The van der Waals surface area contributed by atoms with Crippen LogP contribution in [0.4, 0.5) is 5.69 Å². The van der Waals surface area contributed by atoms with Crippen LogP contribution in [0.3, 0.4) is 0 Å². The monoisotopic (exact) mass is 448 g/mol. The average Bonchev–Trinajstić information content (AvgIpc) is 2.83. The topological polar surface area (TPSA) is 67.8 Å². The largest absolute Gasteiger partial charge is 0.488 e. The van der Waals surface area contributed by atoms with E-state index in [1.165, 1.54) is 6.42 Å². The molecule has 0 unspecified atom stereocenters. The summed E-state index contributed by atoms with van der Waals surface area (Å²) in [5.74, 6) is 0.746. The molecule has 0 atom stereocenters. The Morgan fingerprint density at radius 3 is 2.31 bits per heavy atom. The average molecular weight is 449 g/mol.